The molecular weight excluding hydrogens is 404 g/mol. The fourth-order valence-corrected chi connectivity index (χ4v) is 5.11. The van der Waals surface area contributed by atoms with Crippen LogP contribution in [0.4, 0.5) is 0 Å². The summed E-state index contributed by atoms with van der Waals surface area (Å²) in [6, 6.07) is 6.00. The van der Waals surface area contributed by atoms with E-state index in [0.29, 0.717) is 24.6 Å². The molecule has 0 saturated carbocycles. The van der Waals surface area contributed by atoms with E-state index in [1.807, 2.05) is 0 Å². The zero-order chi connectivity index (χ0) is 19.6. The maximum atomic E-state index is 13.0. The molecule has 2 heterocycles. The predicted octanol–water partition coefficient (Wildman–Crippen LogP) is 0.428. The topological polar surface area (TPSA) is 113 Å². The molecule has 2 fully saturated rings. The molecule has 0 spiro atoms. The van der Waals surface area contributed by atoms with Gasteiger partial charge in [-0.1, -0.05) is 13.0 Å². The molecule has 0 aliphatic carbocycles. The maximum Gasteiger partial charge on any atom is 0.254 e. The lowest BCUT2D eigenvalue weighted by Crippen LogP contribution is -2.50. The van der Waals surface area contributed by atoms with Crippen LogP contribution in [0.25, 0.3) is 0 Å². The highest BCUT2D eigenvalue weighted by molar-refractivity contribution is 7.89. The van der Waals surface area contributed by atoms with Crippen molar-refractivity contribution in [2.75, 3.05) is 32.7 Å². The standard InChI is InChI=1S/C18H26N4O4S.ClH/c1-13-5-7-22(15(9-13)11-19)18(24)14-3-2-4-16(10-14)27(25,26)21-8-6-20-17(23)12-21;/h2-4,10,13,15H,5-9,11-12,19H2,1H3,(H,20,23);1H. The van der Waals surface area contributed by atoms with Crippen LogP contribution in [0, 0.1) is 5.92 Å². The van der Waals surface area contributed by atoms with Gasteiger partial charge in [0.25, 0.3) is 5.91 Å². The molecule has 10 heteroatoms. The maximum absolute atomic E-state index is 13.0. The first-order valence-electron chi connectivity index (χ1n) is 9.21. The van der Waals surface area contributed by atoms with Gasteiger partial charge in [0.1, 0.15) is 0 Å². The molecule has 28 heavy (non-hydrogen) atoms. The van der Waals surface area contributed by atoms with Crippen LogP contribution in [-0.4, -0.2) is 68.2 Å². The Hall–Kier alpha value is -1.68. The van der Waals surface area contributed by atoms with E-state index in [1.165, 1.54) is 12.1 Å². The number of nitrogens with one attached hydrogen (secondary N) is 1. The van der Waals surface area contributed by atoms with Crippen molar-refractivity contribution in [1.29, 1.82) is 0 Å². The van der Waals surface area contributed by atoms with Gasteiger partial charge in [-0.15, -0.1) is 12.4 Å². The summed E-state index contributed by atoms with van der Waals surface area (Å²) in [6.07, 6.45) is 1.76. The number of rotatable bonds is 4. The minimum atomic E-state index is -3.83. The van der Waals surface area contributed by atoms with Crippen LogP contribution in [0.3, 0.4) is 0 Å². The third-order valence-electron chi connectivity index (χ3n) is 5.23. The molecule has 0 aromatic heterocycles. The number of piperazine rings is 1. The van der Waals surface area contributed by atoms with Crippen molar-refractivity contribution >= 4 is 34.2 Å². The molecule has 0 radical (unpaired) electrons. The Morgan fingerprint density at radius 3 is 2.75 bits per heavy atom. The third-order valence-corrected chi connectivity index (χ3v) is 7.07. The van der Waals surface area contributed by atoms with Crippen molar-refractivity contribution in [3.8, 4) is 0 Å². The summed E-state index contributed by atoms with van der Waals surface area (Å²) >= 11 is 0. The number of amides is 2. The lowest BCUT2D eigenvalue weighted by Gasteiger charge is -2.38. The number of carbonyl (C=O) groups is 2. The second kappa shape index (κ2) is 9.21. The highest BCUT2D eigenvalue weighted by Crippen LogP contribution is 2.25. The average molecular weight is 431 g/mol. The van der Waals surface area contributed by atoms with Crippen molar-refractivity contribution in [2.24, 2.45) is 11.7 Å². The van der Waals surface area contributed by atoms with E-state index in [2.05, 4.69) is 12.2 Å². The van der Waals surface area contributed by atoms with Gasteiger partial charge in [-0.3, -0.25) is 9.59 Å². The quantitative estimate of drug-likeness (QED) is 0.719. The fourth-order valence-electron chi connectivity index (χ4n) is 3.67. The molecule has 2 aliphatic rings. The van der Waals surface area contributed by atoms with Crippen molar-refractivity contribution in [3.05, 3.63) is 29.8 Å². The van der Waals surface area contributed by atoms with E-state index < -0.39 is 10.0 Å². The Morgan fingerprint density at radius 1 is 1.32 bits per heavy atom. The minimum Gasteiger partial charge on any atom is -0.354 e. The van der Waals surface area contributed by atoms with Gasteiger partial charge < -0.3 is 16.0 Å². The highest BCUT2D eigenvalue weighted by atomic mass is 35.5. The van der Waals surface area contributed by atoms with Gasteiger partial charge in [0.15, 0.2) is 0 Å². The van der Waals surface area contributed by atoms with Crippen LogP contribution in [0.2, 0.25) is 0 Å². The van der Waals surface area contributed by atoms with E-state index in [0.717, 1.165) is 17.1 Å². The summed E-state index contributed by atoms with van der Waals surface area (Å²) in [5.41, 5.74) is 6.17. The molecule has 2 amide bonds. The molecule has 3 rings (SSSR count). The highest BCUT2D eigenvalue weighted by Gasteiger charge is 2.32. The summed E-state index contributed by atoms with van der Waals surface area (Å²) in [4.78, 5) is 26.3. The molecule has 2 saturated heterocycles. The molecule has 0 bridgehead atoms. The normalized spacial score (nSPS) is 23.6. The second-order valence-corrected chi connectivity index (χ2v) is 9.17. The number of hydrogen-bond donors (Lipinski definition) is 2. The van der Waals surface area contributed by atoms with Crippen molar-refractivity contribution in [1.82, 2.24) is 14.5 Å². The predicted molar refractivity (Wildman–Crippen MR) is 108 cm³/mol. The fraction of sp³-hybridized carbons (Fsp3) is 0.556. The number of nitrogens with zero attached hydrogens (tertiary/aromatic N) is 2. The number of carbonyl (C=O) groups excluding carboxylic acids is 2. The van der Waals surface area contributed by atoms with E-state index in [1.54, 1.807) is 17.0 Å². The van der Waals surface area contributed by atoms with Crippen LogP contribution in [0.5, 0.6) is 0 Å². The minimum absolute atomic E-state index is 0. The Morgan fingerprint density at radius 2 is 2.07 bits per heavy atom. The van der Waals surface area contributed by atoms with Gasteiger partial charge in [0.05, 0.1) is 11.4 Å². The monoisotopic (exact) mass is 430 g/mol. The zero-order valence-corrected chi connectivity index (χ0v) is 17.5. The number of sulfonamides is 1. The largest absolute Gasteiger partial charge is 0.354 e. The van der Waals surface area contributed by atoms with Crippen LogP contribution in [-0.2, 0) is 14.8 Å². The summed E-state index contributed by atoms with van der Waals surface area (Å²) < 4.78 is 26.8. The Kier molecular flexibility index (Phi) is 7.44. The van der Waals surface area contributed by atoms with E-state index in [-0.39, 0.29) is 54.8 Å². The van der Waals surface area contributed by atoms with Crippen LogP contribution >= 0.6 is 12.4 Å². The summed E-state index contributed by atoms with van der Waals surface area (Å²) in [5, 5.41) is 2.61. The van der Waals surface area contributed by atoms with Gasteiger partial charge in [0, 0.05) is 37.8 Å². The van der Waals surface area contributed by atoms with Gasteiger partial charge >= 0.3 is 0 Å². The number of likely N-dealkylation sites (tertiary alicyclic amines) is 1. The van der Waals surface area contributed by atoms with Gasteiger partial charge in [-0.05, 0) is 37.0 Å². The van der Waals surface area contributed by atoms with Crippen LogP contribution < -0.4 is 11.1 Å². The molecule has 8 nitrogen and oxygen atoms in total. The lowest BCUT2D eigenvalue weighted by molar-refractivity contribution is -0.122. The molecule has 2 atom stereocenters. The van der Waals surface area contributed by atoms with Crippen molar-refractivity contribution in [3.63, 3.8) is 0 Å². The smallest absolute Gasteiger partial charge is 0.254 e. The second-order valence-electron chi connectivity index (χ2n) is 7.23. The summed E-state index contributed by atoms with van der Waals surface area (Å²) in [5.74, 6) is -0.0179. The Bertz CT molecular complexity index is 833. The zero-order valence-electron chi connectivity index (χ0n) is 15.8. The molecule has 156 valence electrons. The SMILES string of the molecule is CC1CCN(C(=O)c2cccc(S(=O)(=O)N3CCNC(=O)C3)c2)C(CN)C1.Cl. The molecule has 2 unspecified atom stereocenters. The van der Waals surface area contributed by atoms with Crippen molar-refractivity contribution in [2.45, 2.75) is 30.7 Å². The number of nitrogens with two attached hydrogens (primary N) is 1. The molecule has 3 N–H and O–H groups in total. The van der Waals surface area contributed by atoms with Crippen molar-refractivity contribution < 1.29 is 18.0 Å². The molecular formula is C18H27ClN4O4S. The first-order valence-corrected chi connectivity index (χ1v) is 10.6. The summed E-state index contributed by atoms with van der Waals surface area (Å²) in [6.45, 7) is 3.43. The molecule has 1 aromatic carbocycles. The number of piperidine rings is 1. The van der Waals surface area contributed by atoms with Gasteiger partial charge in [0.2, 0.25) is 15.9 Å². The van der Waals surface area contributed by atoms with E-state index in [4.69, 9.17) is 5.73 Å². The number of hydrogen-bond acceptors (Lipinski definition) is 5. The molecule has 2 aliphatic heterocycles. The molecule has 1 aromatic rings. The third kappa shape index (κ3) is 4.65. The van der Waals surface area contributed by atoms with E-state index in [9.17, 15) is 18.0 Å². The Labute approximate surface area is 171 Å². The van der Waals surface area contributed by atoms with Gasteiger partial charge in [-0.2, -0.15) is 4.31 Å². The van der Waals surface area contributed by atoms with E-state index >= 15 is 0 Å². The first kappa shape index (κ1) is 22.6. The number of halogens is 1. The summed E-state index contributed by atoms with van der Waals surface area (Å²) in [7, 11) is -3.83. The Balaban J connectivity index is 0.00000280. The first-order chi connectivity index (χ1) is 12.8. The lowest BCUT2D eigenvalue weighted by atomic mass is 9.92. The average Bonchev–Trinajstić information content (AvgIpc) is 2.67. The van der Waals surface area contributed by atoms with Gasteiger partial charge in [-0.25, -0.2) is 8.42 Å². The van der Waals surface area contributed by atoms with Crippen LogP contribution in [0.15, 0.2) is 29.2 Å². The number of benzene rings is 1. The van der Waals surface area contributed by atoms with Crippen LogP contribution in [0.1, 0.15) is 30.1 Å².